The smallest absolute Gasteiger partial charge is 0.427 e. The van der Waals surface area contributed by atoms with Gasteiger partial charge in [0.25, 0.3) is 11.8 Å². The summed E-state index contributed by atoms with van der Waals surface area (Å²) in [6, 6.07) is 8.45. The molecule has 1 unspecified atom stereocenters. The molecule has 0 aliphatic carbocycles. The molecular formula is C23H20F6N4O4. The Labute approximate surface area is 205 Å². The second kappa shape index (κ2) is 10.00. The molecule has 1 aromatic carbocycles. The molecule has 0 fully saturated rings. The van der Waals surface area contributed by atoms with Crippen LogP contribution in [0.1, 0.15) is 42.7 Å². The van der Waals surface area contributed by atoms with Gasteiger partial charge in [0.1, 0.15) is 11.3 Å². The number of alkyl halides is 6. The summed E-state index contributed by atoms with van der Waals surface area (Å²) in [6.07, 6.45) is -11.4. The number of nitrogens with two attached hydrogens (primary N) is 1. The number of hydrogen-bond acceptors (Lipinski definition) is 8. The predicted octanol–water partition coefficient (Wildman–Crippen LogP) is 5.23. The number of fused-ring (bicyclic) bond motifs is 5. The van der Waals surface area contributed by atoms with E-state index in [1.165, 1.54) is 12.1 Å². The maximum atomic E-state index is 14.6. The fraction of sp³-hybridized carbons (Fsp3) is 0.391. The highest BCUT2D eigenvalue weighted by atomic mass is 19.4. The molecule has 1 aliphatic rings. The molecule has 3 aromatic rings. The van der Waals surface area contributed by atoms with Crippen molar-refractivity contribution in [2.24, 2.45) is 0 Å². The van der Waals surface area contributed by atoms with Gasteiger partial charge in [0, 0.05) is 6.42 Å². The summed E-state index contributed by atoms with van der Waals surface area (Å²) in [5.41, 5.74) is 0.406. The van der Waals surface area contributed by atoms with Crippen molar-refractivity contribution in [3.63, 3.8) is 0 Å². The van der Waals surface area contributed by atoms with Gasteiger partial charge in [-0.3, -0.25) is 4.79 Å². The Morgan fingerprint density at radius 3 is 2.46 bits per heavy atom. The van der Waals surface area contributed by atoms with Crippen molar-refractivity contribution in [3.05, 3.63) is 53.4 Å². The van der Waals surface area contributed by atoms with E-state index in [2.05, 4.69) is 15.2 Å². The van der Waals surface area contributed by atoms with Gasteiger partial charge in [0.05, 0.1) is 25.3 Å². The van der Waals surface area contributed by atoms with Crippen molar-refractivity contribution >= 4 is 11.5 Å². The number of carbonyl (C=O) groups excluding carboxylic acids is 1. The maximum Gasteiger partial charge on any atom is 0.427 e. The third kappa shape index (κ3) is 5.53. The molecule has 1 atom stereocenters. The third-order valence-electron chi connectivity index (χ3n) is 5.62. The van der Waals surface area contributed by atoms with Gasteiger partial charge >= 0.3 is 12.4 Å². The topological polar surface area (TPSA) is 113 Å². The van der Waals surface area contributed by atoms with E-state index < -0.39 is 71.4 Å². The van der Waals surface area contributed by atoms with E-state index in [1.54, 1.807) is 18.2 Å². The van der Waals surface area contributed by atoms with Crippen molar-refractivity contribution in [2.75, 3.05) is 12.3 Å². The first-order valence-corrected chi connectivity index (χ1v) is 11.0. The largest absolute Gasteiger partial charge is 0.477 e. The van der Waals surface area contributed by atoms with Crippen LogP contribution in [0.3, 0.4) is 0 Å². The standard InChI is InChI=1S/C23H20F6N4O4/c24-22(25,26)15-10-16(30)17-19-32-33-20(37-19)21(23(27,28)29,36-12-13-6-2-1-3-7-13)11-14(34)8-4-5-9-35-18(15)31-17/h1-3,6-7,10H,4-5,8-9,11-12,30H2. The van der Waals surface area contributed by atoms with Crippen LogP contribution in [-0.2, 0) is 27.9 Å². The van der Waals surface area contributed by atoms with Crippen LogP contribution in [0.25, 0.3) is 11.6 Å². The summed E-state index contributed by atoms with van der Waals surface area (Å²) < 4.78 is 100. The van der Waals surface area contributed by atoms with Gasteiger partial charge < -0.3 is 19.6 Å². The Hall–Kier alpha value is -3.68. The fourth-order valence-electron chi connectivity index (χ4n) is 3.71. The summed E-state index contributed by atoms with van der Waals surface area (Å²) in [5, 5.41) is 7.00. The van der Waals surface area contributed by atoms with Crippen molar-refractivity contribution in [2.45, 2.75) is 50.2 Å². The molecule has 14 heteroatoms. The molecule has 1 aliphatic heterocycles. The first-order chi connectivity index (χ1) is 17.4. The molecule has 198 valence electrons. The number of anilines is 1. The van der Waals surface area contributed by atoms with Crippen molar-refractivity contribution in [3.8, 4) is 17.5 Å². The SMILES string of the molecule is Nc1cc(C(F)(F)F)c2nc1-c1nnc(o1)C(OCc1ccccc1)(C(F)(F)F)CC(=O)CCCCO2. The lowest BCUT2D eigenvalue weighted by atomic mass is 9.93. The molecule has 0 saturated heterocycles. The monoisotopic (exact) mass is 530 g/mol. The van der Waals surface area contributed by atoms with Crippen LogP contribution in [0.15, 0.2) is 40.8 Å². The molecule has 8 nitrogen and oxygen atoms in total. The van der Waals surface area contributed by atoms with Crippen molar-refractivity contribution in [1.82, 2.24) is 15.2 Å². The Morgan fingerprint density at radius 2 is 1.78 bits per heavy atom. The molecule has 37 heavy (non-hydrogen) atoms. The zero-order chi connectivity index (χ0) is 26.8. The lowest BCUT2D eigenvalue weighted by Gasteiger charge is -2.32. The number of nitrogens with zero attached hydrogens (tertiary/aromatic N) is 3. The Morgan fingerprint density at radius 1 is 1.05 bits per heavy atom. The molecule has 3 heterocycles. The van der Waals surface area contributed by atoms with Crippen LogP contribution >= 0.6 is 0 Å². The molecule has 0 saturated carbocycles. The average Bonchev–Trinajstić information content (AvgIpc) is 3.31. The van der Waals surface area contributed by atoms with E-state index in [0.717, 1.165) is 0 Å². The summed E-state index contributed by atoms with van der Waals surface area (Å²) in [5.74, 6) is -3.50. The summed E-state index contributed by atoms with van der Waals surface area (Å²) in [4.78, 5) is 16.4. The highest BCUT2D eigenvalue weighted by molar-refractivity contribution is 5.79. The summed E-state index contributed by atoms with van der Waals surface area (Å²) in [6.45, 7) is -0.833. The van der Waals surface area contributed by atoms with Gasteiger partial charge in [-0.1, -0.05) is 30.3 Å². The normalized spacial score (nSPS) is 19.2. The van der Waals surface area contributed by atoms with Gasteiger partial charge in [0.2, 0.25) is 11.5 Å². The Bertz CT molecular complexity index is 1260. The molecule has 4 bridgehead atoms. The second-order valence-corrected chi connectivity index (χ2v) is 8.31. The van der Waals surface area contributed by atoms with Gasteiger partial charge in [-0.2, -0.15) is 26.3 Å². The number of pyridine rings is 1. The van der Waals surface area contributed by atoms with E-state index in [4.69, 9.17) is 19.6 Å². The van der Waals surface area contributed by atoms with Crippen molar-refractivity contribution in [1.29, 1.82) is 0 Å². The first-order valence-electron chi connectivity index (χ1n) is 11.0. The molecule has 2 aromatic heterocycles. The minimum atomic E-state index is -5.19. The predicted molar refractivity (Wildman–Crippen MR) is 115 cm³/mol. The van der Waals surface area contributed by atoms with Crippen LogP contribution in [0, 0.1) is 0 Å². The average molecular weight is 530 g/mol. The van der Waals surface area contributed by atoms with Gasteiger partial charge in [-0.25, -0.2) is 4.98 Å². The molecule has 0 amide bonds. The van der Waals surface area contributed by atoms with Gasteiger partial charge in [-0.15, -0.1) is 10.2 Å². The van der Waals surface area contributed by atoms with E-state index >= 15 is 0 Å². The van der Waals surface area contributed by atoms with E-state index in [1.807, 2.05) is 0 Å². The number of nitrogen functional groups attached to an aromatic ring is 1. The Balaban J connectivity index is 1.85. The number of carbonyl (C=O) groups is 1. The third-order valence-corrected chi connectivity index (χ3v) is 5.62. The van der Waals surface area contributed by atoms with Gasteiger partial charge in [0.15, 0.2) is 5.69 Å². The van der Waals surface area contributed by atoms with E-state index in [-0.39, 0.29) is 25.9 Å². The number of ketones is 1. The number of aromatic nitrogens is 3. The minimum absolute atomic E-state index is 0.0454. The minimum Gasteiger partial charge on any atom is -0.477 e. The molecule has 0 radical (unpaired) electrons. The number of rotatable bonds is 3. The lowest BCUT2D eigenvalue weighted by molar-refractivity contribution is -0.297. The number of ether oxygens (including phenoxy) is 2. The summed E-state index contributed by atoms with van der Waals surface area (Å²) in [7, 11) is 0. The number of benzene rings is 1. The zero-order valence-electron chi connectivity index (χ0n) is 19.0. The van der Waals surface area contributed by atoms with Crippen LogP contribution in [0.4, 0.5) is 32.0 Å². The van der Waals surface area contributed by atoms with E-state index in [9.17, 15) is 31.1 Å². The van der Waals surface area contributed by atoms with Crippen LogP contribution in [0.2, 0.25) is 0 Å². The van der Waals surface area contributed by atoms with Crippen LogP contribution in [-0.4, -0.2) is 33.7 Å². The molecular weight excluding hydrogens is 510 g/mol. The Kier molecular flexibility index (Phi) is 7.13. The molecule has 2 N–H and O–H groups in total. The number of Topliss-reactive ketones (excluding diaryl/α,β-unsaturated/α-hetero) is 1. The maximum absolute atomic E-state index is 14.6. The quantitative estimate of drug-likeness (QED) is 0.458. The highest BCUT2D eigenvalue weighted by Gasteiger charge is 2.62. The van der Waals surface area contributed by atoms with E-state index in [0.29, 0.717) is 11.6 Å². The zero-order valence-corrected chi connectivity index (χ0v) is 19.0. The first kappa shape index (κ1) is 26.4. The van der Waals surface area contributed by atoms with Crippen molar-refractivity contribution < 1.29 is 45.0 Å². The molecule has 4 rings (SSSR count). The lowest BCUT2D eigenvalue weighted by Crippen LogP contribution is -2.47. The summed E-state index contributed by atoms with van der Waals surface area (Å²) >= 11 is 0. The van der Waals surface area contributed by atoms with Gasteiger partial charge in [-0.05, 0) is 24.5 Å². The number of hydrogen-bond donors (Lipinski definition) is 1. The number of halogens is 6. The van der Waals surface area contributed by atoms with Crippen LogP contribution in [0.5, 0.6) is 5.88 Å². The molecule has 0 spiro atoms. The van der Waals surface area contributed by atoms with Crippen LogP contribution < -0.4 is 10.5 Å². The second-order valence-electron chi connectivity index (χ2n) is 8.31. The highest BCUT2D eigenvalue weighted by Crippen LogP contribution is 2.47. The fourth-order valence-corrected chi connectivity index (χ4v) is 3.71.